The van der Waals surface area contributed by atoms with Crippen molar-refractivity contribution in [3.05, 3.63) is 59.9 Å². The Bertz CT molecular complexity index is 942. The average Bonchev–Trinajstić information content (AvgIpc) is 3.00. The van der Waals surface area contributed by atoms with Crippen LogP contribution in [0.3, 0.4) is 0 Å². The predicted octanol–water partition coefficient (Wildman–Crippen LogP) is 2.10. The maximum Gasteiger partial charge on any atom is 0.347 e. The number of cyclic esters (lactones) is 1. The smallest absolute Gasteiger partial charge is 0.347 e. The van der Waals surface area contributed by atoms with Crippen molar-refractivity contribution in [2.45, 2.75) is 17.4 Å². The highest BCUT2D eigenvalue weighted by atomic mass is 32.2. The Morgan fingerprint density at radius 3 is 2.50 bits per heavy atom. The minimum Gasteiger partial charge on any atom is -0.463 e. The first-order valence-electron chi connectivity index (χ1n) is 7.62. The second-order valence-electron chi connectivity index (χ2n) is 5.46. The van der Waals surface area contributed by atoms with E-state index < -0.39 is 33.9 Å². The molecule has 1 saturated heterocycles. The first-order chi connectivity index (χ1) is 12.4. The minimum absolute atomic E-state index is 0.0202. The summed E-state index contributed by atoms with van der Waals surface area (Å²) < 4.78 is 49.9. The van der Waals surface area contributed by atoms with E-state index in [1.807, 2.05) is 0 Å². The molecule has 3 rings (SSSR count). The fraction of sp³-hybridized carbons (Fsp3) is 0.176. The average molecular weight is 379 g/mol. The molecular weight excluding hydrogens is 365 g/mol. The number of nitrogens with one attached hydrogen (secondary N) is 1. The summed E-state index contributed by atoms with van der Waals surface area (Å²) >= 11 is 0. The molecule has 9 heteroatoms. The van der Waals surface area contributed by atoms with Gasteiger partial charge in [0, 0.05) is 6.42 Å². The number of benzene rings is 2. The molecular formula is C17H14FNO6S. The molecule has 2 aromatic carbocycles. The Kier molecular flexibility index (Phi) is 4.90. The van der Waals surface area contributed by atoms with E-state index in [-0.39, 0.29) is 29.2 Å². The van der Waals surface area contributed by atoms with Crippen LogP contribution in [-0.2, 0) is 24.3 Å². The van der Waals surface area contributed by atoms with E-state index in [1.165, 1.54) is 24.3 Å². The Labute approximate surface area is 148 Å². The van der Waals surface area contributed by atoms with Gasteiger partial charge in [0.25, 0.3) is 10.0 Å². The highest BCUT2D eigenvalue weighted by molar-refractivity contribution is 7.92. The molecule has 1 atom stereocenters. The van der Waals surface area contributed by atoms with Crippen LogP contribution in [0.25, 0.3) is 0 Å². The molecule has 1 fully saturated rings. The normalized spacial score (nSPS) is 16.8. The minimum atomic E-state index is -4.04. The lowest BCUT2D eigenvalue weighted by Crippen LogP contribution is -2.24. The molecule has 0 unspecified atom stereocenters. The van der Waals surface area contributed by atoms with Crippen molar-refractivity contribution in [1.82, 2.24) is 0 Å². The summed E-state index contributed by atoms with van der Waals surface area (Å²) in [6.07, 6.45) is -0.766. The molecule has 0 saturated carbocycles. The van der Waals surface area contributed by atoms with Crippen molar-refractivity contribution in [3.8, 4) is 0 Å². The summed E-state index contributed by atoms with van der Waals surface area (Å²) in [6, 6.07) is 10.0. The number of sulfonamides is 1. The third-order valence-electron chi connectivity index (χ3n) is 3.65. The van der Waals surface area contributed by atoms with Crippen LogP contribution in [0.4, 0.5) is 10.1 Å². The van der Waals surface area contributed by atoms with Crippen LogP contribution < -0.4 is 4.72 Å². The third-order valence-corrected chi connectivity index (χ3v) is 5.03. The number of halogens is 1. The summed E-state index contributed by atoms with van der Waals surface area (Å²) in [4.78, 5) is 23.6. The monoisotopic (exact) mass is 379 g/mol. The fourth-order valence-electron chi connectivity index (χ4n) is 2.34. The van der Waals surface area contributed by atoms with Gasteiger partial charge in [-0.1, -0.05) is 12.1 Å². The van der Waals surface area contributed by atoms with Gasteiger partial charge in [-0.25, -0.2) is 22.4 Å². The molecule has 0 aromatic heterocycles. The molecule has 7 nitrogen and oxygen atoms in total. The van der Waals surface area contributed by atoms with E-state index in [1.54, 1.807) is 0 Å². The number of hydrogen-bond acceptors (Lipinski definition) is 6. The Hall–Kier alpha value is -2.94. The van der Waals surface area contributed by atoms with Crippen LogP contribution >= 0.6 is 0 Å². The maximum absolute atomic E-state index is 13.0. The van der Waals surface area contributed by atoms with E-state index in [0.717, 1.165) is 24.3 Å². The van der Waals surface area contributed by atoms with Gasteiger partial charge in [-0.3, -0.25) is 4.72 Å². The number of ether oxygens (including phenoxy) is 2. The van der Waals surface area contributed by atoms with Crippen molar-refractivity contribution < 1.29 is 31.9 Å². The van der Waals surface area contributed by atoms with Crippen molar-refractivity contribution in [1.29, 1.82) is 0 Å². The summed E-state index contributed by atoms with van der Waals surface area (Å²) in [5.74, 6) is -2.06. The Morgan fingerprint density at radius 1 is 1.15 bits per heavy atom. The molecule has 136 valence electrons. The first-order valence-corrected chi connectivity index (χ1v) is 9.10. The zero-order valence-electron chi connectivity index (χ0n) is 13.3. The first kappa shape index (κ1) is 17.9. The van der Waals surface area contributed by atoms with Crippen LogP contribution in [0, 0.1) is 5.82 Å². The van der Waals surface area contributed by atoms with Crippen molar-refractivity contribution in [3.63, 3.8) is 0 Å². The fourth-order valence-corrected chi connectivity index (χ4v) is 3.42. The molecule has 1 heterocycles. The largest absolute Gasteiger partial charge is 0.463 e. The zero-order chi connectivity index (χ0) is 18.7. The van der Waals surface area contributed by atoms with Gasteiger partial charge in [-0.15, -0.1) is 0 Å². The van der Waals surface area contributed by atoms with E-state index in [9.17, 15) is 22.4 Å². The second kappa shape index (κ2) is 7.12. The van der Waals surface area contributed by atoms with Crippen molar-refractivity contribution in [2.24, 2.45) is 0 Å². The lowest BCUT2D eigenvalue weighted by atomic mass is 10.2. The summed E-state index contributed by atoms with van der Waals surface area (Å²) in [7, 11) is -4.04. The summed E-state index contributed by atoms with van der Waals surface area (Å²) in [5.41, 5.74) is -0.0777. The molecule has 1 aliphatic heterocycles. The van der Waals surface area contributed by atoms with Gasteiger partial charge in [0.15, 0.2) is 0 Å². The van der Waals surface area contributed by atoms with Gasteiger partial charge in [0.1, 0.15) is 5.82 Å². The molecule has 1 aliphatic rings. The van der Waals surface area contributed by atoms with Gasteiger partial charge >= 0.3 is 11.9 Å². The molecule has 2 aromatic rings. The molecule has 0 amide bonds. The van der Waals surface area contributed by atoms with E-state index in [0.29, 0.717) is 0 Å². The molecule has 0 radical (unpaired) electrons. The lowest BCUT2D eigenvalue weighted by Gasteiger charge is -2.13. The number of carbonyl (C=O) groups is 2. The highest BCUT2D eigenvalue weighted by Crippen LogP contribution is 2.22. The number of esters is 2. The topological polar surface area (TPSA) is 98.8 Å². The SMILES string of the molecule is O=C(O[C@@H]1CCOC1=O)c1ccccc1NS(=O)(=O)c1ccc(F)cc1. The molecule has 0 aliphatic carbocycles. The van der Waals surface area contributed by atoms with Crippen LogP contribution in [0.15, 0.2) is 53.4 Å². The lowest BCUT2D eigenvalue weighted by molar-refractivity contribution is -0.145. The standard InChI is InChI=1S/C17H14FNO6S/c18-11-5-7-12(8-6-11)26(22,23)19-14-4-2-1-3-13(14)16(20)25-15-9-10-24-17(15)21/h1-8,15,19H,9-10H2/t15-/m1/s1. The van der Waals surface area contributed by atoms with Gasteiger partial charge in [0.2, 0.25) is 6.10 Å². The zero-order valence-corrected chi connectivity index (χ0v) is 14.2. The van der Waals surface area contributed by atoms with Gasteiger partial charge in [0.05, 0.1) is 22.8 Å². The molecule has 0 spiro atoms. The van der Waals surface area contributed by atoms with E-state index in [4.69, 9.17) is 9.47 Å². The molecule has 1 N–H and O–H groups in total. The Morgan fingerprint density at radius 2 is 1.85 bits per heavy atom. The van der Waals surface area contributed by atoms with E-state index >= 15 is 0 Å². The second-order valence-corrected chi connectivity index (χ2v) is 7.14. The van der Waals surface area contributed by atoms with E-state index in [2.05, 4.69) is 4.72 Å². The van der Waals surface area contributed by atoms with Gasteiger partial charge in [-0.2, -0.15) is 0 Å². The summed E-state index contributed by atoms with van der Waals surface area (Å²) in [6.45, 7) is 0.162. The predicted molar refractivity (Wildman–Crippen MR) is 88.4 cm³/mol. The third kappa shape index (κ3) is 3.83. The number of hydrogen-bond donors (Lipinski definition) is 1. The molecule has 26 heavy (non-hydrogen) atoms. The number of rotatable bonds is 5. The van der Waals surface area contributed by atoms with Crippen LogP contribution in [0.2, 0.25) is 0 Å². The van der Waals surface area contributed by atoms with Crippen molar-refractivity contribution >= 4 is 27.6 Å². The van der Waals surface area contributed by atoms with Gasteiger partial charge < -0.3 is 9.47 Å². The quantitative estimate of drug-likeness (QED) is 0.799. The maximum atomic E-state index is 13.0. The number of para-hydroxylation sites is 1. The van der Waals surface area contributed by atoms with Crippen molar-refractivity contribution in [2.75, 3.05) is 11.3 Å². The number of anilines is 1. The highest BCUT2D eigenvalue weighted by Gasteiger charge is 2.31. The van der Waals surface area contributed by atoms with Gasteiger partial charge in [-0.05, 0) is 36.4 Å². The number of carbonyl (C=O) groups excluding carboxylic acids is 2. The van der Waals surface area contributed by atoms with Crippen LogP contribution in [-0.4, -0.2) is 33.1 Å². The van der Waals surface area contributed by atoms with Crippen LogP contribution in [0.1, 0.15) is 16.8 Å². The summed E-state index contributed by atoms with van der Waals surface area (Å²) in [5, 5.41) is 0. The van der Waals surface area contributed by atoms with Crippen LogP contribution in [0.5, 0.6) is 0 Å². The Balaban J connectivity index is 1.83. The molecule has 0 bridgehead atoms.